The van der Waals surface area contributed by atoms with Crippen molar-refractivity contribution in [2.75, 3.05) is 0 Å². The van der Waals surface area contributed by atoms with Gasteiger partial charge in [-0.2, -0.15) is 0 Å². The van der Waals surface area contributed by atoms with Crippen LogP contribution >= 0.6 is 7.92 Å². The summed E-state index contributed by atoms with van der Waals surface area (Å²) in [5.74, 6) is 0. The van der Waals surface area contributed by atoms with Gasteiger partial charge in [0, 0.05) is 0 Å². The van der Waals surface area contributed by atoms with Gasteiger partial charge in [0.1, 0.15) is 0 Å². The normalized spacial score (nSPS) is 10.1. The van der Waals surface area contributed by atoms with Crippen molar-refractivity contribution in [1.82, 2.24) is 0 Å². The Hall–Kier alpha value is -1.25. The van der Waals surface area contributed by atoms with E-state index in [1.54, 1.807) is 0 Å². The van der Waals surface area contributed by atoms with Gasteiger partial charge in [-0.25, -0.2) is 0 Å². The Morgan fingerprint density at radius 1 is 0.400 bits per heavy atom. The number of hydrogen-bond acceptors (Lipinski definition) is 0. The zero-order valence-electron chi connectivity index (χ0n) is 10.9. The summed E-state index contributed by atoms with van der Waals surface area (Å²) < 4.78 is 0. The molecule has 0 aliphatic carbocycles. The molecule has 0 bridgehead atoms. The summed E-state index contributed by atoms with van der Waals surface area (Å²) in [6.45, 7) is 0. The molecule has 0 nitrogen and oxygen atoms in total. The zero-order chi connectivity index (χ0) is 12.9. The molecule has 0 atom stereocenters. The van der Waals surface area contributed by atoms with Gasteiger partial charge in [-0.15, -0.1) is 0 Å². The topological polar surface area (TPSA) is 0 Å². The van der Waals surface area contributed by atoms with E-state index < -0.39 is 7.92 Å². The van der Waals surface area contributed by atoms with Crippen molar-refractivity contribution in [3.8, 4) is 0 Å². The van der Waals surface area contributed by atoms with Gasteiger partial charge in [-0.05, 0) is 23.8 Å². The van der Waals surface area contributed by atoms with Gasteiger partial charge in [0.25, 0.3) is 0 Å². The smallest absolute Gasteiger partial charge is 0.0622 e. The maximum atomic E-state index is 2.23. The molecular weight excluding hydrogens is 354 g/mol. The molecule has 0 spiro atoms. The van der Waals surface area contributed by atoms with Crippen molar-refractivity contribution < 1.29 is 20.4 Å². The zero-order valence-corrected chi connectivity index (χ0v) is 13.4. The molecule has 0 radical (unpaired) electrons. The van der Waals surface area contributed by atoms with Crippen LogP contribution in [0.1, 0.15) is 0 Å². The predicted octanol–water partition coefficient (Wildman–Crippen LogP) is 3.44. The van der Waals surface area contributed by atoms with Crippen LogP contribution in [0.4, 0.5) is 0 Å². The molecule has 0 amide bonds. The average Bonchev–Trinajstić information content (AvgIpc) is 2.51. The Balaban J connectivity index is 0.00000147. The Labute approximate surface area is 135 Å². The van der Waals surface area contributed by atoms with E-state index in [0.29, 0.717) is 0 Å². The average molecular weight is 369 g/mol. The second-order valence-corrected chi connectivity index (χ2v) is 6.56. The van der Waals surface area contributed by atoms with Gasteiger partial charge in [0.2, 0.25) is 0 Å². The van der Waals surface area contributed by atoms with Gasteiger partial charge >= 0.3 is 20.4 Å². The Morgan fingerprint density at radius 2 is 0.650 bits per heavy atom. The second-order valence-electron chi connectivity index (χ2n) is 4.34. The predicted molar refractivity (Wildman–Crippen MR) is 85.1 cm³/mol. The first-order valence-corrected chi connectivity index (χ1v) is 7.74. The Bertz CT molecular complexity index is 529. The fourth-order valence-electron chi connectivity index (χ4n) is 2.18. The second kappa shape index (κ2) is 7.51. The van der Waals surface area contributed by atoms with Gasteiger partial charge in [0.05, 0.1) is 0 Å². The van der Waals surface area contributed by atoms with E-state index in [-0.39, 0.29) is 20.4 Å². The van der Waals surface area contributed by atoms with Crippen LogP contribution < -0.4 is 15.9 Å². The van der Waals surface area contributed by atoms with Crippen LogP contribution in [0.3, 0.4) is 0 Å². The first-order chi connectivity index (χ1) is 9.45. The minimum Gasteiger partial charge on any atom is -0.0622 e. The Morgan fingerprint density at radius 3 is 0.900 bits per heavy atom. The number of hydrogen-bond donors (Lipinski definition) is 0. The molecule has 0 aliphatic rings. The monoisotopic (exact) mass is 368 g/mol. The van der Waals surface area contributed by atoms with E-state index >= 15 is 0 Å². The van der Waals surface area contributed by atoms with Crippen molar-refractivity contribution in [3.05, 3.63) is 91.0 Å². The molecule has 2 heteroatoms. The van der Waals surface area contributed by atoms with E-state index in [4.69, 9.17) is 0 Å². The van der Waals surface area contributed by atoms with Crippen molar-refractivity contribution in [2.45, 2.75) is 0 Å². The summed E-state index contributed by atoms with van der Waals surface area (Å²) in [4.78, 5) is 0. The van der Waals surface area contributed by atoms with E-state index in [9.17, 15) is 0 Å². The molecule has 3 aromatic rings. The van der Waals surface area contributed by atoms with Crippen LogP contribution in [0.25, 0.3) is 0 Å². The van der Waals surface area contributed by atoms with Crippen LogP contribution in [-0.2, 0) is 20.4 Å². The largest absolute Gasteiger partial charge is 2.00 e. The van der Waals surface area contributed by atoms with Crippen LogP contribution in [0.2, 0.25) is 0 Å². The third kappa shape index (κ3) is 3.44. The first-order valence-electron chi connectivity index (χ1n) is 6.40. The fourth-order valence-corrected chi connectivity index (χ4v) is 4.48. The molecule has 0 aromatic heterocycles. The van der Waals surface area contributed by atoms with E-state index in [1.807, 2.05) is 0 Å². The molecule has 3 aromatic carbocycles. The Kier molecular flexibility index (Phi) is 5.69. The maximum Gasteiger partial charge on any atom is 2.00 e. The molecule has 20 heavy (non-hydrogen) atoms. The summed E-state index contributed by atoms with van der Waals surface area (Å²) in [7, 11) is -0.446. The van der Waals surface area contributed by atoms with Gasteiger partial charge in [-0.1, -0.05) is 91.0 Å². The summed E-state index contributed by atoms with van der Waals surface area (Å²) in [5, 5.41) is 4.19. The number of rotatable bonds is 3. The van der Waals surface area contributed by atoms with Crippen LogP contribution in [0.5, 0.6) is 0 Å². The molecule has 3 rings (SSSR count). The van der Waals surface area contributed by atoms with Crippen molar-refractivity contribution in [3.63, 3.8) is 0 Å². The molecule has 100 valence electrons. The number of benzene rings is 3. The molecule has 0 unspecified atom stereocenters. The van der Waals surface area contributed by atoms with Crippen molar-refractivity contribution in [1.29, 1.82) is 0 Å². The van der Waals surface area contributed by atoms with E-state index in [2.05, 4.69) is 91.0 Å². The molecule has 0 N–H and O–H groups in total. The molecule has 0 fully saturated rings. The minimum atomic E-state index is -0.446. The van der Waals surface area contributed by atoms with Crippen LogP contribution in [0.15, 0.2) is 91.0 Å². The summed E-state index contributed by atoms with van der Waals surface area (Å²) in [6, 6.07) is 32.3. The van der Waals surface area contributed by atoms with Crippen LogP contribution in [0, 0.1) is 0 Å². The quantitative estimate of drug-likeness (QED) is 0.491. The molecule has 0 saturated carbocycles. The molecule has 0 heterocycles. The van der Waals surface area contributed by atoms with Crippen LogP contribution in [-0.4, -0.2) is 0 Å². The van der Waals surface area contributed by atoms with Crippen molar-refractivity contribution >= 4 is 23.8 Å². The van der Waals surface area contributed by atoms with E-state index in [0.717, 1.165) is 0 Å². The molecular formula is C18H15PPd+2. The first kappa shape index (κ1) is 15.1. The van der Waals surface area contributed by atoms with Gasteiger partial charge < -0.3 is 0 Å². The third-order valence-corrected chi connectivity index (χ3v) is 5.49. The third-order valence-electron chi connectivity index (χ3n) is 3.04. The summed E-state index contributed by atoms with van der Waals surface area (Å²) in [5.41, 5.74) is 0. The SMILES string of the molecule is [Pd+2].c1ccc(P(c2ccccc2)c2ccccc2)cc1. The standard InChI is InChI=1S/C18H15P.Pd/c1-4-10-16(11-5-1)19(17-12-6-2-7-13-17)18-14-8-3-9-15-18;/h1-15H;/q;+2. The van der Waals surface area contributed by atoms with E-state index in [1.165, 1.54) is 15.9 Å². The summed E-state index contributed by atoms with van der Waals surface area (Å²) in [6.07, 6.45) is 0. The van der Waals surface area contributed by atoms with Gasteiger partial charge in [0.15, 0.2) is 0 Å². The maximum absolute atomic E-state index is 2.23. The molecule has 0 saturated heterocycles. The minimum absolute atomic E-state index is 0. The summed E-state index contributed by atoms with van der Waals surface area (Å²) >= 11 is 0. The molecule has 0 aliphatic heterocycles. The van der Waals surface area contributed by atoms with Gasteiger partial charge in [-0.3, -0.25) is 0 Å². The van der Waals surface area contributed by atoms with Crippen molar-refractivity contribution in [2.24, 2.45) is 0 Å². The fraction of sp³-hybridized carbons (Fsp3) is 0.